The van der Waals surface area contributed by atoms with Gasteiger partial charge in [-0.25, -0.2) is 19.9 Å². The molecule has 5 rings (SSSR count). The van der Waals surface area contributed by atoms with Crippen molar-refractivity contribution in [3.63, 3.8) is 0 Å². The monoisotopic (exact) mass is 420 g/mol. The first-order valence-electron chi connectivity index (χ1n) is 9.13. The van der Waals surface area contributed by atoms with E-state index in [1.165, 1.54) is 0 Å². The van der Waals surface area contributed by atoms with Gasteiger partial charge in [-0.3, -0.25) is 0 Å². The second kappa shape index (κ2) is 7.09. The van der Waals surface area contributed by atoms with Gasteiger partial charge >= 0.3 is 0 Å². The number of hydrogen-bond acceptors (Lipinski definition) is 6. The molecule has 1 N–H and O–H groups in total. The van der Waals surface area contributed by atoms with E-state index in [0.717, 1.165) is 48.8 Å². The lowest BCUT2D eigenvalue weighted by Crippen LogP contribution is -2.02. The molecule has 0 spiro atoms. The van der Waals surface area contributed by atoms with Crippen LogP contribution in [0.3, 0.4) is 0 Å². The summed E-state index contributed by atoms with van der Waals surface area (Å²) in [6, 6.07) is 8.35. The van der Waals surface area contributed by atoms with Crippen molar-refractivity contribution in [1.29, 1.82) is 0 Å². The quantitative estimate of drug-likeness (QED) is 0.426. The Labute approximate surface area is 176 Å². The number of aromatic nitrogens is 5. The van der Waals surface area contributed by atoms with Crippen LogP contribution < -0.4 is 5.32 Å². The maximum atomic E-state index is 6.42. The van der Waals surface area contributed by atoms with Gasteiger partial charge in [0.1, 0.15) is 17.0 Å². The van der Waals surface area contributed by atoms with Crippen LogP contribution in [0.25, 0.3) is 26.1 Å². The molecule has 5 aromatic rings. The summed E-state index contributed by atoms with van der Waals surface area (Å²) < 4.78 is 2.97. The van der Waals surface area contributed by atoms with Gasteiger partial charge in [-0.2, -0.15) is 0 Å². The molecule has 1 aromatic carbocycles. The van der Waals surface area contributed by atoms with Gasteiger partial charge in [0.05, 0.1) is 27.3 Å². The van der Waals surface area contributed by atoms with Gasteiger partial charge in [-0.1, -0.05) is 23.7 Å². The molecule has 0 aliphatic rings. The van der Waals surface area contributed by atoms with Crippen LogP contribution in [0.5, 0.6) is 0 Å². The normalized spacial score (nSPS) is 11.4. The molecule has 0 saturated carbocycles. The van der Waals surface area contributed by atoms with Crippen LogP contribution in [0.15, 0.2) is 49.3 Å². The molecule has 8 heteroatoms. The predicted octanol–water partition coefficient (Wildman–Crippen LogP) is 5.31. The maximum Gasteiger partial charge on any atom is 0.147 e. The van der Waals surface area contributed by atoms with Crippen molar-refractivity contribution in [2.75, 3.05) is 5.32 Å². The number of rotatable bonds is 4. The fourth-order valence-corrected chi connectivity index (χ4v) is 4.74. The van der Waals surface area contributed by atoms with E-state index in [4.69, 9.17) is 11.6 Å². The smallest absolute Gasteiger partial charge is 0.147 e. The van der Waals surface area contributed by atoms with E-state index in [0.29, 0.717) is 11.6 Å². The molecule has 0 aliphatic heterocycles. The second-order valence-electron chi connectivity index (χ2n) is 6.81. The Bertz CT molecular complexity index is 1330. The maximum absolute atomic E-state index is 6.42. The molecule has 4 heterocycles. The number of nitrogens with zero attached hydrogens (tertiary/aromatic N) is 5. The second-order valence-corrected chi connectivity index (χ2v) is 8.19. The molecule has 6 nitrogen and oxygen atoms in total. The molecule has 144 valence electrons. The minimum Gasteiger partial charge on any atom is -0.365 e. The van der Waals surface area contributed by atoms with Crippen molar-refractivity contribution in [1.82, 2.24) is 24.5 Å². The summed E-state index contributed by atoms with van der Waals surface area (Å²) in [5.74, 6) is 0.810. The Morgan fingerprint density at radius 1 is 1.14 bits per heavy atom. The van der Waals surface area contributed by atoms with Crippen molar-refractivity contribution >= 4 is 49.2 Å². The van der Waals surface area contributed by atoms with E-state index >= 15 is 0 Å². The molecule has 4 aromatic heterocycles. The number of pyridine rings is 1. The van der Waals surface area contributed by atoms with Crippen molar-refractivity contribution in [3.8, 4) is 5.69 Å². The Morgan fingerprint density at radius 3 is 2.72 bits per heavy atom. The van der Waals surface area contributed by atoms with Gasteiger partial charge < -0.3 is 9.88 Å². The van der Waals surface area contributed by atoms with Gasteiger partial charge in [-0.15, -0.1) is 11.3 Å². The van der Waals surface area contributed by atoms with Crippen molar-refractivity contribution in [3.05, 3.63) is 71.2 Å². The number of halogens is 1. The van der Waals surface area contributed by atoms with E-state index in [2.05, 4.69) is 49.5 Å². The topological polar surface area (TPSA) is 68.5 Å². The van der Waals surface area contributed by atoms with Crippen molar-refractivity contribution in [2.24, 2.45) is 0 Å². The molecule has 0 saturated heterocycles. The third-order valence-electron chi connectivity index (χ3n) is 4.94. The van der Waals surface area contributed by atoms with E-state index in [-0.39, 0.29) is 0 Å². The van der Waals surface area contributed by atoms with Gasteiger partial charge in [-0.05, 0) is 37.1 Å². The Hall–Kier alpha value is -3.03. The minimum atomic E-state index is 0.663. The van der Waals surface area contributed by atoms with Crippen LogP contribution >= 0.6 is 22.9 Å². The third-order valence-corrected chi connectivity index (χ3v) is 6.58. The van der Waals surface area contributed by atoms with Crippen LogP contribution in [-0.2, 0) is 6.54 Å². The van der Waals surface area contributed by atoms with Crippen LogP contribution in [-0.4, -0.2) is 24.5 Å². The van der Waals surface area contributed by atoms with E-state index in [1.54, 1.807) is 30.2 Å². The molecular formula is C21H17ClN6S. The summed E-state index contributed by atoms with van der Waals surface area (Å²) in [4.78, 5) is 18.6. The zero-order valence-electron chi connectivity index (χ0n) is 15.8. The summed E-state index contributed by atoms with van der Waals surface area (Å²) in [7, 11) is 0. The van der Waals surface area contributed by atoms with Crippen LogP contribution in [0, 0.1) is 13.8 Å². The van der Waals surface area contributed by atoms with Crippen LogP contribution in [0.4, 0.5) is 5.82 Å². The lowest BCUT2D eigenvalue weighted by molar-refractivity contribution is 1.05. The van der Waals surface area contributed by atoms with Crippen molar-refractivity contribution < 1.29 is 0 Å². The van der Waals surface area contributed by atoms with E-state index in [1.807, 2.05) is 24.6 Å². The number of aryl methyl sites for hydroxylation is 2. The highest BCUT2D eigenvalue weighted by Crippen LogP contribution is 2.39. The van der Waals surface area contributed by atoms with Crippen molar-refractivity contribution in [2.45, 2.75) is 20.4 Å². The molecule has 29 heavy (non-hydrogen) atoms. The lowest BCUT2D eigenvalue weighted by Gasteiger charge is -2.08. The number of hydrogen-bond donors (Lipinski definition) is 1. The standard InChI is InChI=1S/C21H17ClN6S/c1-12-16-18-19(29-21(16)27-13(2)17(12)22)20(26-10-25-18)24-9-14-3-5-15(6-4-14)28-8-7-23-11-28/h3-8,10-11H,9H2,1-2H3,(H,24,25,26). The highest BCUT2D eigenvalue weighted by atomic mass is 35.5. The molecule has 0 aliphatic carbocycles. The number of thiophene rings is 1. The number of anilines is 1. The molecule has 0 atom stereocenters. The highest BCUT2D eigenvalue weighted by molar-refractivity contribution is 7.26. The summed E-state index contributed by atoms with van der Waals surface area (Å²) >= 11 is 8.02. The van der Waals surface area contributed by atoms with Gasteiger partial charge in [0.2, 0.25) is 0 Å². The summed E-state index contributed by atoms with van der Waals surface area (Å²) in [5.41, 5.74) is 4.98. The molecule has 0 radical (unpaired) electrons. The molecular weight excluding hydrogens is 404 g/mol. The molecule has 0 unspecified atom stereocenters. The van der Waals surface area contributed by atoms with Crippen LogP contribution in [0.1, 0.15) is 16.8 Å². The Balaban J connectivity index is 1.46. The summed E-state index contributed by atoms with van der Waals surface area (Å²) in [5, 5.41) is 5.15. The van der Waals surface area contributed by atoms with Crippen LogP contribution in [0.2, 0.25) is 5.02 Å². The number of nitrogens with one attached hydrogen (secondary N) is 1. The fraction of sp³-hybridized carbons (Fsp3) is 0.143. The zero-order valence-corrected chi connectivity index (χ0v) is 17.4. The Morgan fingerprint density at radius 2 is 1.97 bits per heavy atom. The molecule has 0 fully saturated rings. The first kappa shape index (κ1) is 18.0. The average Bonchev–Trinajstić information content (AvgIpc) is 3.39. The Kier molecular flexibility index (Phi) is 4.41. The third kappa shape index (κ3) is 3.12. The largest absolute Gasteiger partial charge is 0.365 e. The first-order chi connectivity index (χ1) is 14.1. The SMILES string of the molecule is Cc1nc2sc3c(NCc4ccc(-n5ccnc5)cc4)ncnc3c2c(C)c1Cl. The number of benzene rings is 1. The highest BCUT2D eigenvalue weighted by Gasteiger charge is 2.17. The number of fused-ring (bicyclic) bond motifs is 3. The van der Waals surface area contributed by atoms with E-state index < -0.39 is 0 Å². The van der Waals surface area contributed by atoms with Gasteiger partial charge in [0, 0.05) is 30.0 Å². The average molecular weight is 421 g/mol. The van der Waals surface area contributed by atoms with Gasteiger partial charge in [0.15, 0.2) is 0 Å². The minimum absolute atomic E-state index is 0.663. The molecule has 0 bridgehead atoms. The predicted molar refractivity (Wildman–Crippen MR) is 118 cm³/mol. The summed E-state index contributed by atoms with van der Waals surface area (Å²) in [6.07, 6.45) is 7.07. The number of imidazole rings is 1. The zero-order chi connectivity index (χ0) is 20.0. The summed E-state index contributed by atoms with van der Waals surface area (Å²) in [6.45, 7) is 4.61. The fourth-order valence-electron chi connectivity index (χ4n) is 3.41. The van der Waals surface area contributed by atoms with Gasteiger partial charge in [0.25, 0.3) is 0 Å². The van der Waals surface area contributed by atoms with E-state index in [9.17, 15) is 0 Å². The lowest BCUT2D eigenvalue weighted by atomic mass is 10.1. The molecule has 0 amide bonds. The first-order valence-corrected chi connectivity index (χ1v) is 10.3.